The van der Waals surface area contributed by atoms with Gasteiger partial charge in [0.2, 0.25) is 0 Å². The van der Waals surface area contributed by atoms with Crippen molar-refractivity contribution >= 4 is 11.3 Å². The lowest BCUT2D eigenvalue weighted by atomic mass is 9.84. The van der Waals surface area contributed by atoms with E-state index < -0.39 is 0 Å². The van der Waals surface area contributed by atoms with E-state index in [1.165, 1.54) is 16.1 Å². The molecule has 5 nitrogen and oxygen atoms in total. The van der Waals surface area contributed by atoms with E-state index in [2.05, 4.69) is 27.2 Å². The highest BCUT2D eigenvalue weighted by atomic mass is 32.1. The predicted octanol–water partition coefficient (Wildman–Crippen LogP) is 3.11. The molecule has 2 saturated heterocycles. The van der Waals surface area contributed by atoms with Crippen LogP contribution in [0.25, 0.3) is 0 Å². The Hall–Kier alpha value is -1.34. The number of pyridine rings is 1. The van der Waals surface area contributed by atoms with Crippen LogP contribution >= 0.6 is 11.3 Å². The smallest absolute Gasteiger partial charge is 0.107 e. The van der Waals surface area contributed by atoms with Crippen LogP contribution in [0.2, 0.25) is 0 Å². The number of aryl methyl sites for hydroxylation is 2. The average molecular weight is 359 g/mol. The number of thiazole rings is 1. The first-order valence-corrected chi connectivity index (χ1v) is 9.78. The van der Waals surface area contributed by atoms with Gasteiger partial charge in [-0.1, -0.05) is 0 Å². The molecule has 0 aliphatic carbocycles. The molecule has 0 aromatic carbocycles. The third-order valence-corrected chi connectivity index (χ3v) is 6.07. The highest BCUT2D eigenvalue weighted by Crippen LogP contribution is 2.36. The summed E-state index contributed by atoms with van der Waals surface area (Å²) in [6, 6.07) is 2.04. The molecule has 0 N–H and O–H groups in total. The van der Waals surface area contributed by atoms with Crippen LogP contribution in [-0.2, 0) is 22.6 Å². The lowest BCUT2D eigenvalue weighted by Crippen LogP contribution is -2.65. The van der Waals surface area contributed by atoms with Crippen molar-refractivity contribution in [3.63, 3.8) is 0 Å². The molecule has 0 saturated carbocycles. The van der Waals surface area contributed by atoms with Crippen LogP contribution in [0.5, 0.6) is 0 Å². The number of nitrogens with zero attached hydrogens (tertiary/aromatic N) is 3. The zero-order chi connectivity index (χ0) is 17.3. The first-order chi connectivity index (χ1) is 12.1. The number of hydrogen-bond acceptors (Lipinski definition) is 6. The first kappa shape index (κ1) is 17.1. The van der Waals surface area contributed by atoms with E-state index in [0.717, 1.165) is 44.8 Å². The van der Waals surface area contributed by atoms with Gasteiger partial charge in [0, 0.05) is 49.6 Å². The van der Waals surface area contributed by atoms with Crippen LogP contribution in [0.4, 0.5) is 0 Å². The van der Waals surface area contributed by atoms with Gasteiger partial charge in [-0.2, -0.15) is 0 Å². The number of likely N-dealkylation sites (tertiary alicyclic amines) is 1. The summed E-state index contributed by atoms with van der Waals surface area (Å²) in [7, 11) is 0. The van der Waals surface area contributed by atoms with Crippen LogP contribution in [0.1, 0.15) is 34.7 Å². The molecule has 134 valence electrons. The maximum atomic E-state index is 6.19. The molecule has 1 spiro atoms. The summed E-state index contributed by atoms with van der Waals surface area (Å²) in [4.78, 5) is 11.2. The van der Waals surface area contributed by atoms with Crippen molar-refractivity contribution in [1.29, 1.82) is 0 Å². The Kier molecular flexibility index (Phi) is 4.86. The number of hydrogen-bond donors (Lipinski definition) is 0. The van der Waals surface area contributed by atoms with E-state index in [1.807, 2.05) is 25.4 Å². The molecule has 0 amide bonds. The van der Waals surface area contributed by atoms with E-state index in [1.54, 1.807) is 11.3 Å². The number of aromatic nitrogens is 2. The van der Waals surface area contributed by atoms with Gasteiger partial charge < -0.3 is 9.47 Å². The van der Waals surface area contributed by atoms with Gasteiger partial charge >= 0.3 is 0 Å². The maximum absolute atomic E-state index is 6.19. The second-order valence-corrected chi connectivity index (χ2v) is 8.23. The fourth-order valence-corrected chi connectivity index (χ4v) is 4.56. The minimum absolute atomic E-state index is 0.0147. The number of rotatable bonds is 5. The van der Waals surface area contributed by atoms with Crippen molar-refractivity contribution in [3.05, 3.63) is 45.7 Å². The second-order valence-electron chi connectivity index (χ2n) is 7.29. The molecule has 0 bridgehead atoms. The SMILES string of the molecule is Cc1csc(CN2CC3(C[C@H](OCc4cnccc4C)CCO3)C2)n1. The van der Waals surface area contributed by atoms with E-state index in [-0.39, 0.29) is 11.7 Å². The van der Waals surface area contributed by atoms with Crippen LogP contribution in [0, 0.1) is 13.8 Å². The van der Waals surface area contributed by atoms with Gasteiger partial charge in [0.05, 0.1) is 24.9 Å². The Morgan fingerprint density at radius 1 is 1.40 bits per heavy atom. The van der Waals surface area contributed by atoms with E-state index in [4.69, 9.17) is 9.47 Å². The van der Waals surface area contributed by atoms with Crippen molar-refractivity contribution in [2.24, 2.45) is 0 Å². The summed E-state index contributed by atoms with van der Waals surface area (Å²) in [6.07, 6.45) is 5.98. The Labute approximate surface area is 153 Å². The standard InChI is InChI=1S/C19H25N3O2S/c1-14-3-5-20-8-16(14)10-23-17-4-6-24-19(7-17)12-22(13-19)9-18-21-15(2)11-25-18/h3,5,8,11,17H,4,6-7,9-10,12-13H2,1-2H3/t17-/m1/s1. The molecular formula is C19H25N3O2S. The Bertz CT molecular complexity index is 727. The van der Waals surface area contributed by atoms with E-state index in [9.17, 15) is 0 Å². The molecule has 2 aliphatic rings. The van der Waals surface area contributed by atoms with Crippen molar-refractivity contribution < 1.29 is 9.47 Å². The van der Waals surface area contributed by atoms with Crippen molar-refractivity contribution in [2.75, 3.05) is 19.7 Å². The predicted molar refractivity (Wildman–Crippen MR) is 97.6 cm³/mol. The quantitative estimate of drug-likeness (QED) is 0.821. The summed E-state index contributed by atoms with van der Waals surface area (Å²) >= 11 is 1.75. The highest BCUT2D eigenvalue weighted by molar-refractivity contribution is 7.09. The molecule has 0 radical (unpaired) electrons. The molecule has 2 aromatic heterocycles. The normalized spacial score (nSPS) is 22.9. The lowest BCUT2D eigenvalue weighted by Gasteiger charge is -2.53. The molecule has 2 fully saturated rings. The minimum atomic E-state index is -0.0147. The van der Waals surface area contributed by atoms with Gasteiger partial charge in [-0.25, -0.2) is 4.98 Å². The van der Waals surface area contributed by atoms with Crippen LogP contribution in [-0.4, -0.2) is 46.3 Å². The molecule has 0 unspecified atom stereocenters. The zero-order valence-electron chi connectivity index (χ0n) is 14.9. The summed E-state index contributed by atoms with van der Waals surface area (Å²) < 4.78 is 12.3. The van der Waals surface area contributed by atoms with Gasteiger partial charge in [0.15, 0.2) is 0 Å². The van der Waals surface area contributed by atoms with Crippen molar-refractivity contribution in [2.45, 2.75) is 51.5 Å². The van der Waals surface area contributed by atoms with Crippen LogP contribution in [0.15, 0.2) is 23.8 Å². The van der Waals surface area contributed by atoms with Gasteiger partial charge in [-0.05, 0) is 37.5 Å². The fourth-order valence-electron chi connectivity index (χ4n) is 3.75. The second kappa shape index (κ2) is 7.11. The molecule has 4 heterocycles. The summed E-state index contributed by atoms with van der Waals surface area (Å²) in [5.74, 6) is 0. The Balaban J connectivity index is 1.28. The van der Waals surface area contributed by atoms with E-state index in [0.29, 0.717) is 6.61 Å². The Morgan fingerprint density at radius 2 is 2.28 bits per heavy atom. The highest BCUT2D eigenvalue weighted by Gasteiger charge is 2.47. The van der Waals surface area contributed by atoms with Gasteiger partial charge in [-0.3, -0.25) is 9.88 Å². The largest absolute Gasteiger partial charge is 0.373 e. The van der Waals surface area contributed by atoms with Gasteiger partial charge in [0.25, 0.3) is 0 Å². The third-order valence-electron chi connectivity index (χ3n) is 5.12. The first-order valence-electron chi connectivity index (χ1n) is 8.90. The summed E-state index contributed by atoms with van der Waals surface area (Å²) in [5, 5.41) is 3.31. The van der Waals surface area contributed by atoms with Crippen LogP contribution < -0.4 is 0 Å². The van der Waals surface area contributed by atoms with Gasteiger partial charge in [-0.15, -0.1) is 11.3 Å². The maximum Gasteiger partial charge on any atom is 0.107 e. The summed E-state index contributed by atoms with van der Waals surface area (Å²) in [6.45, 7) is 8.49. The molecule has 2 aromatic rings. The monoisotopic (exact) mass is 359 g/mol. The van der Waals surface area contributed by atoms with E-state index >= 15 is 0 Å². The molecular weight excluding hydrogens is 334 g/mol. The molecule has 25 heavy (non-hydrogen) atoms. The molecule has 4 rings (SSSR count). The molecule has 2 aliphatic heterocycles. The topological polar surface area (TPSA) is 47.5 Å². The lowest BCUT2D eigenvalue weighted by molar-refractivity contribution is -0.200. The van der Waals surface area contributed by atoms with Gasteiger partial charge in [0.1, 0.15) is 5.01 Å². The minimum Gasteiger partial charge on any atom is -0.373 e. The van der Waals surface area contributed by atoms with Crippen LogP contribution in [0.3, 0.4) is 0 Å². The van der Waals surface area contributed by atoms with Crippen molar-refractivity contribution in [1.82, 2.24) is 14.9 Å². The average Bonchev–Trinajstić information content (AvgIpc) is 2.98. The third kappa shape index (κ3) is 3.92. The summed E-state index contributed by atoms with van der Waals surface area (Å²) in [5.41, 5.74) is 3.52. The fraction of sp³-hybridized carbons (Fsp3) is 0.579. The molecule has 6 heteroatoms. The zero-order valence-corrected chi connectivity index (χ0v) is 15.7. The molecule has 1 atom stereocenters. The number of ether oxygens (including phenoxy) is 2. The Morgan fingerprint density at radius 3 is 3.04 bits per heavy atom. The van der Waals surface area contributed by atoms with Crippen molar-refractivity contribution in [3.8, 4) is 0 Å².